The normalized spacial score (nSPS) is 18.4. The van der Waals surface area contributed by atoms with Gasteiger partial charge in [-0.05, 0) is 24.3 Å². The smallest absolute Gasteiger partial charge is 0.225 e. The molecular formula is C14H14FN3OS. The molecule has 0 radical (unpaired) electrons. The maximum absolute atomic E-state index is 12.9. The highest BCUT2D eigenvalue weighted by Gasteiger charge is 2.29. The number of rotatable bonds is 4. The van der Waals surface area contributed by atoms with Crippen LogP contribution < -0.4 is 4.90 Å². The Hall–Kier alpha value is -1.82. The van der Waals surface area contributed by atoms with Crippen molar-refractivity contribution in [3.63, 3.8) is 0 Å². The molecule has 1 fully saturated rings. The lowest BCUT2D eigenvalue weighted by atomic mass is 10.1. The molecule has 1 saturated heterocycles. The van der Waals surface area contributed by atoms with Crippen molar-refractivity contribution in [1.29, 1.82) is 0 Å². The minimum atomic E-state index is -0.445. The Balaban J connectivity index is 1.72. The average molecular weight is 291 g/mol. The van der Waals surface area contributed by atoms with E-state index in [2.05, 4.69) is 9.97 Å². The van der Waals surface area contributed by atoms with Crippen molar-refractivity contribution < 1.29 is 9.18 Å². The van der Waals surface area contributed by atoms with Crippen LogP contribution in [0.4, 0.5) is 10.3 Å². The fraction of sp³-hybridized carbons (Fsp3) is 0.357. The highest BCUT2D eigenvalue weighted by Crippen LogP contribution is 2.26. The number of ketones is 1. The Morgan fingerprint density at radius 3 is 2.95 bits per heavy atom. The van der Waals surface area contributed by atoms with Crippen LogP contribution in [-0.4, -0.2) is 28.3 Å². The lowest BCUT2D eigenvalue weighted by molar-refractivity contribution is 0.0978. The molecular weight excluding hydrogens is 277 g/mol. The van der Waals surface area contributed by atoms with Crippen molar-refractivity contribution in [1.82, 2.24) is 9.97 Å². The topological polar surface area (TPSA) is 46.1 Å². The van der Waals surface area contributed by atoms with E-state index in [4.69, 9.17) is 0 Å². The highest BCUT2D eigenvalue weighted by atomic mass is 32.1. The lowest BCUT2D eigenvalue weighted by Gasteiger charge is -2.23. The molecule has 0 spiro atoms. The molecule has 0 aromatic carbocycles. The van der Waals surface area contributed by atoms with Crippen LogP contribution in [0.25, 0.3) is 0 Å². The monoisotopic (exact) mass is 291 g/mol. The minimum Gasteiger partial charge on any atom is -0.337 e. The molecule has 2 aromatic rings. The Morgan fingerprint density at radius 1 is 1.45 bits per heavy atom. The molecule has 0 N–H and O–H groups in total. The molecule has 0 saturated carbocycles. The molecule has 6 heteroatoms. The van der Waals surface area contributed by atoms with Gasteiger partial charge in [0.1, 0.15) is 0 Å². The summed E-state index contributed by atoms with van der Waals surface area (Å²) in [5.74, 6) is 0.214. The summed E-state index contributed by atoms with van der Waals surface area (Å²) < 4.78 is 12.9. The van der Waals surface area contributed by atoms with Crippen LogP contribution >= 0.6 is 11.3 Å². The lowest BCUT2D eigenvalue weighted by Crippen LogP contribution is -2.32. The molecule has 0 aliphatic carbocycles. The third kappa shape index (κ3) is 2.70. The number of carbonyl (C=O) groups excluding carboxylic acids is 1. The molecule has 4 nitrogen and oxygen atoms in total. The molecule has 104 valence electrons. The van der Waals surface area contributed by atoms with E-state index in [1.54, 1.807) is 0 Å². The fourth-order valence-electron chi connectivity index (χ4n) is 2.52. The Kier molecular flexibility index (Phi) is 3.73. The van der Waals surface area contributed by atoms with Gasteiger partial charge in [-0.2, -0.15) is 0 Å². The van der Waals surface area contributed by atoms with Crippen molar-refractivity contribution in [2.24, 2.45) is 0 Å². The van der Waals surface area contributed by atoms with Crippen LogP contribution in [0.2, 0.25) is 0 Å². The number of aromatic nitrogens is 2. The van der Waals surface area contributed by atoms with E-state index in [1.807, 2.05) is 22.4 Å². The largest absolute Gasteiger partial charge is 0.337 e. The quantitative estimate of drug-likeness (QED) is 0.813. The summed E-state index contributed by atoms with van der Waals surface area (Å²) in [7, 11) is 0. The predicted molar refractivity (Wildman–Crippen MR) is 75.6 cm³/mol. The van der Waals surface area contributed by atoms with Crippen molar-refractivity contribution in [2.75, 3.05) is 11.4 Å². The van der Waals surface area contributed by atoms with E-state index in [1.165, 1.54) is 23.7 Å². The number of anilines is 1. The van der Waals surface area contributed by atoms with E-state index in [9.17, 15) is 9.18 Å². The second-order valence-electron chi connectivity index (χ2n) is 4.80. The molecule has 1 aliphatic heterocycles. The molecule has 1 unspecified atom stereocenters. The summed E-state index contributed by atoms with van der Waals surface area (Å²) in [6.45, 7) is 0.814. The number of halogens is 1. The summed E-state index contributed by atoms with van der Waals surface area (Å²) >= 11 is 1.46. The third-order valence-electron chi connectivity index (χ3n) is 3.46. The first kappa shape index (κ1) is 13.2. The molecule has 0 bridgehead atoms. The molecule has 2 aromatic heterocycles. The van der Waals surface area contributed by atoms with E-state index in [0.29, 0.717) is 12.4 Å². The van der Waals surface area contributed by atoms with Gasteiger partial charge in [-0.25, -0.2) is 14.4 Å². The summed E-state index contributed by atoms with van der Waals surface area (Å²) in [5, 5.41) is 1.91. The van der Waals surface area contributed by atoms with Gasteiger partial charge in [0.25, 0.3) is 0 Å². The van der Waals surface area contributed by atoms with Gasteiger partial charge in [0.15, 0.2) is 11.6 Å². The van der Waals surface area contributed by atoms with E-state index >= 15 is 0 Å². The zero-order valence-electron chi connectivity index (χ0n) is 10.8. The van der Waals surface area contributed by atoms with Crippen LogP contribution in [0.1, 0.15) is 28.9 Å². The third-order valence-corrected chi connectivity index (χ3v) is 4.37. The zero-order valence-corrected chi connectivity index (χ0v) is 11.6. The summed E-state index contributed by atoms with van der Waals surface area (Å²) in [5.41, 5.74) is 0. The number of Topliss-reactive ketones (excluding diaryl/α,β-unsaturated/α-hetero) is 1. The maximum Gasteiger partial charge on any atom is 0.225 e. The van der Waals surface area contributed by atoms with E-state index in [0.717, 1.165) is 24.3 Å². The summed E-state index contributed by atoms with van der Waals surface area (Å²) in [6.07, 6.45) is 4.74. The Labute approximate surface area is 120 Å². The number of carbonyl (C=O) groups is 1. The highest BCUT2D eigenvalue weighted by molar-refractivity contribution is 7.12. The van der Waals surface area contributed by atoms with Crippen LogP contribution in [0.3, 0.4) is 0 Å². The van der Waals surface area contributed by atoms with Gasteiger partial charge in [-0.3, -0.25) is 4.79 Å². The van der Waals surface area contributed by atoms with Crippen molar-refractivity contribution in [3.8, 4) is 0 Å². The Bertz CT molecular complexity index is 585. The first-order valence-corrected chi connectivity index (χ1v) is 7.43. The van der Waals surface area contributed by atoms with Crippen LogP contribution in [0.5, 0.6) is 0 Å². The van der Waals surface area contributed by atoms with Crippen LogP contribution in [0.15, 0.2) is 29.9 Å². The Morgan fingerprint density at radius 2 is 2.25 bits per heavy atom. The fourth-order valence-corrected chi connectivity index (χ4v) is 3.19. The van der Waals surface area contributed by atoms with Gasteiger partial charge in [0.2, 0.25) is 5.95 Å². The van der Waals surface area contributed by atoms with Gasteiger partial charge in [0.05, 0.1) is 17.3 Å². The second-order valence-corrected chi connectivity index (χ2v) is 5.74. The van der Waals surface area contributed by atoms with Crippen molar-refractivity contribution >= 4 is 23.1 Å². The predicted octanol–water partition coefficient (Wildman–Crippen LogP) is 2.92. The number of thiophene rings is 1. The van der Waals surface area contributed by atoms with Gasteiger partial charge in [-0.15, -0.1) is 11.3 Å². The molecule has 3 rings (SSSR count). The summed E-state index contributed by atoms with van der Waals surface area (Å²) in [4.78, 5) is 23.0. The molecule has 0 amide bonds. The molecule has 3 heterocycles. The molecule has 1 atom stereocenters. The number of hydrogen-bond donors (Lipinski definition) is 0. The average Bonchev–Trinajstić information content (AvgIpc) is 3.10. The number of nitrogens with zero attached hydrogens (tertiary/aromatic N) is 3. The minimum absolute atomic E-state index is 0.107. The maximum atomic E-state index is 12.9. The van der Waals surface area contributed by atoms with Crippen LogP contribution in [-0.2, 0) is 0 Å². The number of hydrogen-bond acceptors (Lipinski definition) is 5. The van der Waals surface area contributed by atoms with Crippen LogP contribution in [0, 0.1) is 5.82 Å². The van der Waals surface area contributed by atoms with E-state index < -0.39 is 5.82 Å². The van der Waals surface area contributed by atoms with Crippen molar-refractivity contribution in [2.45, 2.75) is 25.3 Å². The molecule has 1 aliphatic rings. The summed E-state index contributed by atoms with van der Waals surface area (Å²) in [6, 6.07) is 3.84. The van der Waals surface area contributed by atoms with Gasteiger partial charge in [-0.1, -0.05) is 6.07 Å². The second kappa shape index (κ2) is 5.66. The zero-order chi connectivity index (χ0) is 13.9. The van der Waals surface area contributed by atoms with Gasteiger partial charge in [0, 0.05) is 19.0 Å². The van der Waals surface area contributed by atoms with Crippen molar-refractivity contribution in [3.05, 3.63) is 40.6 Å². The molecule has 20 heavy (non-hydrogen) atoms. The first-order chi connectivity index (χ1) is 9.74. The van der Waals surface area contributed by atoms with E-state index in [-0.39, 0.29) is 11.8 Å². The standard InChI is InChI=1S/C14H14FN3OS/c15-10-8-16-14(17-9-10)18-5-1-3-11(18)7-12(19)13-4-2-6-20-13/h2,4,6,8-9,11H,1,3,5,7H2. The van der Waals surface area contributed by atoms with Gasteiger partial charge < -0.3 is 4.90 Å². The SMILES string of the molecule is O=C(CC1CCCN1c1ncc(F)cn1)c1cccs1. The first-order valence-electron chi connectivity index (χ1n) is 6.55. The van der Waals surface area contributed by atoms with Gasteiger partial charge >= 0.3 is 0 Å².